The first kappa shape index (κ1) is 10.4. The summed E-state index contributed by atoms with van der Waals surface area (Å²) < 4.78 is 42.1. The van der Waals surface area contributed by atoms with Crippen molar-refractivity contribution >= 4 is 5.97 Å². The second-order valence-corrected chi connectivity index (χ2v) is 2.43. The Labute approximate surface area is 76.7 Å². The predicted molar refractivity (Wildman–Crippen MR) is 39.3 cm³/mol. The van der Waals surface area contributed by atoms with Gasteiger partial charge in [-0.05, 0) is 0 Å². The number of aromatic hydroxyl groups is 1. The van der Waals surface area contributed by atoms with Crippen LogP contribution in [0.1, 0.15) is 6.92 Å². The van der Waals surface area contributed by atoms with Crippen LogP contribution in [0.4, 0.5) is 13.2 Å². The van der Waals surface area contributed by atoms with Crippen molar-refractivity contribution in [1.82, 2.24) is 0 Å². The lowest BCUT2D eigenvalue weighted by Gasteiger charge is -2.05. The van der Waals surface area contributed by atoms with Crippen molar-refractivity contribution in [1.29, 1.82) is 0 Å². The first-order chi connectivity index (χ1) is 6.43. The average Bonchev–Trinajstić information content (AvgIpc) is 2.10. The number of rotatable bonds is 1. The fourth-order valence-electron chi connectivity index (χ4n) is 0.797. The minimum absolute atomic E-state index is 0.339. The molecule has 0 fully saturated rings. The first-order valence-corrected chi connectivity index (χ1v) is 3.48. The zero-order valence-corrected chi connectivity index (χ0v) is 6.97. The molecule has 0 bridgehead atoms. The molecule has 6 heteroatoms. The van der Waals surface area contributed by atoms with Gasteiger partial charge in [0.05, 0.1) is 0 Å². The summed E-state index contributed by atoms with van der Waals surface area (Å²) in [4.78, 5) is 10.4. The Bertz CT molecular complexity index is 390. The van der Waals surface area contributed by atoms with Crippen molar-refractivity contribution in [3.63, 3.8) is 0 Å². The molecule has 14 heavy (non-hydrogen) atoms. The Morgan fingerprint density at radius 2 is 1.93 bits per heavy atom. The molecule has 1 rings (SSSR count). The minimum atomic E-state index is -1.72. The third kappa shape index (κ3) is 1.78. The highest BCUT2D eigenvalue weighted by atomic mass is 19.2. The van der Waals surface area contributed by atoms with Crippen LogP contribution in [0.5, 0.6) is 11.5 Å². The number of esters is 1. The summed E-state index contributed by atoms with van der Waals surface area (Å²) in [5, 5.41) is 8.70. The third-order valence-corrected chi connectivity index (χ3v) is 1.35. The quantitative estimate of drug-likeness (QED) is 0.432. The van der Waals surface area contributed by atoms with Gasteiger partial charge in [-0.2, -0.15) is 8.78 Å². The summed E-state index contributed by atoms with van der Waals surface area (Å²) in [6.45, 7) is 0.956. The summed E-state index contributed by atoms with van der Waals surface area (Å²) in [5.74, 6) is -8.01. The van der Waals surface area contributed by atoms with Crippen molar-refractivity contribution in [3.05, 3.63) is 23.5 Å². The van der Waals surface area contributed by atoms with Gasteiger partial charge in [-0.1, -0.05) is 0 Å². The van der Waals surface area contributed by atoms with Gasteiger partial charge in [-0.25, -0.2) is 4.39 Å². The number of benzene rings is 1. The predicted octanol–water partition coefficient (Wildman–Crippen LogP) is 1.73. The number of carbonyl (C=O) groups is 1. The summed E-state index contributed by atoms with van der Waals surface area (Å²) in [6.07, 6.45) is 0. The van der Waals surface area contributed by atoms with Gasteiger partial charge < -0.3 is 9.84 Å². The second-order valence-electron chi connectivity index (χ2n) is 2.43. The molecule has 0 aromatic heterocycles. The van der Waals surface area contributed by atoms with E-state index < -0.39 is 34.9 Å². The number of halogens is 3. The highest BCUT2D eigenvalue weighted by molar-refractivity contribution is 5.69. The van der Waals surface area contributed by atoms with Crippen molar-refractivity contribution < 1.29 is 27.8 Å². The number of carbonyl (C=O) groups excluding carboxylic acids is 1. The molecule has 0 saturated heterocycles. The Balaban J connectivity index is 3.25. The average molecular weight is 206 g/mol. The van der Waals surface area contributed by atoms with E-state index in [0.717, 1.165) is 6.92 Å². The fraction of sp³-hybridized carbons (Fsp3) is 0.125. The topological polar surface area (TPSA) is 46.5 Å². The second kappa shape index (κ2) is 3.57. The lowest BCUT2D eigenvalue weighted by Crippen LogP contribution is -2.04. The van der Waals surface area contributed by atoms with Crippen LogP contribution in [0.25, 0.3) is 0 Å². The van der Waals surface area contributed by atoms with E-state index in [-0.39, 0.29) is 0 Å². The Morgan fingerprint density at radius 1 is 1.36 bits per heavy atom. The molecule has 0 aliphatic carbocycles. The van der Waals surface area contributed by atoms with E-state index in [9.17, 15) is 18.0 Å². The molecule has 0 unspecified atom stereocenters. The van der Waals surface area contributed by atoms with E-state index in [4.69, 9.17) is 5.11 Å². The van der Waals surface area contributed by atoms with E-state index in [2.05, 4.69) is 4.74 Å². The molecule has 1 aromatic rings. The van der Waals surface area contributed by atoms with Crippen molar-refractivity contribution in [2.24, 2.45) is 0 Å². The molecule has 0 atom stereocenters. The summed E-state index contributed by atoms with van der Waals surface area (Å²) in [6, 6.07) is 0.339. The SMILES string of the molecule is CC(=O)Oc1cc(F)c(F)c(O)c1F. The standard InChI is InChI=1S/C8H5F3O3/c1-3(12)14-5-2-4(9)6(10)8(13)7(5)11/h2,13H,1H3. The van der Waals surface area contributed by atoms with E-state index >= 15 is 0 Å². The molecule has 1 N–H and O–H groups in total. The lowest BCUT2D eigenvalue weighted by molar-refractivity contribution is -0.132. The molecule has 76 valence electrons. The van der Waals surface area contributed by atoms with Gasteiger partial charge in [-0.15, -0.1) is 0 Å². The van der Waals surface area contributed by atoms with Gasteiger partial charge in [0.2, 0.25) is 11.6 Å². The first-order valence-electron chi connectivity index (χ1n) is 3.48. The van der Waals surface area contributed by atoms with Gasteiger partial charge in [-0.3, -0.25) is 4.79 Å². The molecular weight excluding hydrogens is 201 g/mol. The molecule has 1 aromatic carbocycles. The van der Waals surface area contributed by atoms with Gasteiger partial charge in [0.25, 0.3) is 0 Å². The van der Waals surface area contributed by atoms with E-state index in [1.54, 1.807) is 0 Å². The van der Waals surface area contributed by atoms with E-state index in [1.807, 2.05) is 0 Å². The number of phenols is 1. The summed E-state index contributed by atoms with van der Waals surface area (Å²) in [7, 11) is 0. The Hall–Kier alpha value is -1.72. The molecule has 0 aliphatic rings. The summed E-state index contributed by atoms with van der Waals surface area (Å²) >= 11 is 0. The van der Waals surface area contributed by atoms with Gasteiger partial charge >= 0.3 is 5.97 Å². The van der Waals surface area contributed by atoms with Crippen LogP contribution in [0.3, 0.4) is 0 Å². The molecule has 0 saturated carbocycles. The van der Waals surface area contributed by atoms with Crippen LogP contribution in [0.2, 0.25) is 0 Å². The molecule has 0 spiro atoms. The van der Waals surface area contributed by atoms with E-state index in [1.165, 1.54) is 0 Å². The lowest BCUT2D eigenvalue weighted by atomic mass is 10.3. The van der Waals surface area contributed by atoms with Crippen molar-refractivity contribution in [2.45, 2.75) is 6.92 Å². The number of phenolic OH excluding ortho intramolecular Hbond substituents is 1. The Kier molecular flexibility index (Phi) is 2.64. The van der Waals surface area contributed by atoms with Gasteiger partial charge in [0.15, 0.2) is 17.3 Å². The summed E-state index contributed by atoms with van der Waals surface area (Å²) in [5.41, 5.74) is 0. The van der Waals surface area contributed by atoms with Crippen molar-refractivity contribution in [3.8, 4) is 11.5 Å². The zero-order valence-electron chi connectivity index (χ0n) is 6.97. The van der Waals surface area contributed by atoms with Crippen LogP contribution < -0.4 is 4.74 Å². The maximum absolute atomic E-state index is 12.9. The normalized spacial score (nSPS) is 10.0. The fourth-order valence-corrected chi connectivity index (χ4v) is 0.797. The number of hydrogen-bond donors (Lipinski definition) is 1. The van der Waals surface area contributed by atoms with Crippen LogP contribution in [-0.2, 0) is 4.79 Å². The molecular formula is C8H5F3O3. The van der Waals surface area contributed by atoms with Crippen LogP contribution >= 0.6 is 0 Å². The zero-order chi connectivity index (χ0) is 10.9. The molecule has 0 aliphatic heterocycles. The maximum Gasteiger partial charge on any atom is 0.308 e. The largest absolute Gasteiger partial charge is 0.503 e. The molecule has 3 nitrogen and oxygen atoms in total. The highest BCUT2D eigenvalue weighted by Gasteiger charge is 2.19. The molecule has 0 amide bonds. The number of hydrogen-bond acceptors (Lipinski definition) is 3. The van der Waals surface area contributed by atoms with Crippen molar-refractivity contribution in [2.75, 3.05) is 0 Å². The Morgan fingerprint density at radius 3 is 2.43 bits per heavy atom. The van der Waals surface area contributed by atoms with Gasteiger partial charge in [0.1, 0.15) is 0 Å². The highest BCUT2D eigenvalue weighted by Crippen LogP contribution is 2.30. The number of ether oxygens (including phenoxy) is 1. The third-order valence-electron chi connectivity index (χ3n) is 1.35. The van der Waals surface area contributed by atoms with Gasteiger partial charge in [0, 0.05) is 13.0 Å². The van der Waals surface area contributed by atoms with Crippen LogP contribution in [-0.4, -0.2) is 11.1 Å². The van der Waals surface area contributed by atoms with E-state index in [0.29, 0.717) is 6.07 Å². The molecule has 0 heterocycles. The minimum Gasteiger partial charge on any atom is -0.503 e. The smallest absolute Gasteiger partial charge is 0.308 e. The van der Waals surface area contributed by atoms with Crippen LogP contribution in [0, 0.1) is 17.5 Å². The maximum atomic E-state index is 12.9. The monoisotopic (exact) mass is 206 g/mol. The van der Waals surface area contributed by atoms with Crippen LogP contribution in [0.15, 0.2) is 6.07 Å². The molecule has 0 radical (unpaired) electrons.